The summed E-state index contributed by atoms with van der Waals surface area (Å²) in [5, 5.41) is 0. The van der Waals surface area contributed by atoms with Crippen molar-refractivity contribution >= 4 is 0 Å². The molecular formula is C20H35N. The summed E-state index contributed by atoms with van der Waals surface area (Å²) in [4.78, 5) is 2.56. The van der Waals surface area contributed by atoms with E-state index in [9.17, 15) is 0 Å². The van der Waals surface area contributed by atoms with Crippen molar-refractivity contribution in [2.24, 2.45) is 5.92 Å². The van der Waals surface area contributed by atoms with Gasteiger partial charge in [0, 0.05) is 18.8 Å². The van der Waals surface area contributed by atoms with Crippen LogP contribution in [0.5, 0.6) is 0 Å². The smallest absolute Gasteiger partial charge is 0.0395 e. The zero-order valence-corrected chi connectivity index (χ0v) is 14.8. The third kappa shape index (κ3) is 5.37. The third-order valence-electron chi connectivity index (χ3n) is 4.94. The van der Waals surface area contributed by atoms with Gasteiger partial charge in [-0.1, -0.05) is 57.8 Å². The Bertz CT molecular complexity index is 367. The molecule has 0 saturated carbocycles. The molecule has 1 saturated heterocycles. The van der Waals surface area contributed by atoms with Crippen LogP contribution in [0, 0.1) is 5.92 Å². The molecule has 1 aliphatic heterocycles. The molecule has 0 aromatic rings. The van der Waals surface area contributed by atoms with E-state index in [0.717, 1.165) is 12.3 Å². The highest BCUT2D eigenvalue weighted by Crippen LogP contribution is 2.28. The van der Waals surface area contributed by atoms with Gasteiger partial charge in [0.25, 0.3) is 0 Å². The van der Waals surface area contributed by atoms with Crippen LogP contribution in [0.15, 0.2) is 35.6 Å². The van der Waals surface area contributed by atoms with Crippen LogP contribution in [0.2, 0.25) is 0 Å². The van der Waals surface area contributed by atoms with Crippen molar-refractivity contribution in [3.05, 3.63) is 35.6 Å². The number of hydrogen-bond acceptors (Lipinski definition) is 1. The van der Waals surface area contributed by atoms with Crippen molar-refractivity contribution in [2.45, 2.75) is 72.6 Å². The zero-order chi connectivity index (χ0) is 15.7. The molecule has 21 heavy (non-hydrogen) atoms. The number of nitrogens with zero attached hydrogens (tertiary/aromatic N) is 1. The van der Waals surface area contributed by atoms with Crippen LogP contribution in [-0.2, 0) is 0 Å². The molecule has 0 aromatic heterocycles. The third-order valence-corrected chi connectivity index (χ3v) is 4.94. The van der Waals surface area contributed by atoms with E-state index in [2.05, 4.69) is 51.3 Å². The van der Waals surface area contributed by atoms with Gasteiger partial charge in [-0.2, -0.15) is 0 Å². The van der Waals surface area contributed by atoms with Gasteiger partial charge >= 0.3 is 0 Å². The van der Waals surface area contributed by atoms with Crippen molar-refractivity contribution < 1.29 is 0 Å². The molecule has 0 bridgehead atoms. The van der Waals surface area contributed by atoms with Crippen molar-refractivity contribution in [3.8, 4) is 0 Å². The number of hydrogen-bond donors (Lipinski definition) is 0. The lowest BCUT2D eigenvalue weighted by atomic mass is 9.90. The fraction of sp³-hybridized carbons (Fsp3) is 0.700. The summed E-state index contributed by atoms with van der Waals surface area (Å²) in [6.07, 6.45) is 13.7. The Hall–Kier alpha value is -0.980. The van der Waals surface area contributed by atoms with Crippen LogP contribution in [0.1, 0.15) is 72.6 Å². The van der Waals surface area contributed by atoms with Gasteiger partial charge in [0.05, 0.1) is 0 Å². The maximum absolute atomic E-state index is 4.07. The van der Waals surface area contributed by atoms with Gasteiger partial charge in [0.2, 0.25) is 0 Å². The van der Waals surface area contributed by atoms with Crippen LogP contribution in [-0.4, -0.2) is 18.0 Å². The molecule has 1 heteroatoms. The maximum Gasteiger partial charge on any atom is 0.0395 e. The topological polar surface area (TPSA) is 3.24 Å². The molecule has 0 atom stereocenters. The zero-order valence-electron chi connectivity index (χ0n) is 14.8. The molecule has 1 rings (SSSR count). The molecule has 0 N–H and O–H groups in total. The predicted octanol–water partition coefficient (Wildman–Crippen LogP) is 6.10. The van der Waals surface area contributed by atoms with E-state index in [1.54, 1.807) is 0 Å². The van der Waals surface area contributed by atoms with E-state index < -0.39 is 0 Å². The molecule has 1 nitrogen and oxygen atoms in total. The molecule has 0 aromatic carbocycles. The fourth-order valence-electron chi connectivity index (χ4n) is 3.42. The minimum Gasteiger partial charge on any atom is -0.371 e. The summed E-state index contributed by atoms with van der Waals surface area (Å²) >= 11 is 0. The number of likely N-dealkylation sites (tertiary alicyclic amines) is 1. The second-order valence-electron chi connectivity index (χ2n) is 6.32. The first kappa shape index (κ1) is 18.1. The first-order chi connectivity index (χ1) is 10.2. The van der Waals surface area contributed by atoms with Crippen LogP contribution in [0.3, 0.4) is 0 Å². The summed E-state index contributed by atoms with van der Waals surface area (Å²) in [5.41, 5.74) is 4.24. The highest BCUT2D eigenvalue weighted by Gasteiger charge is 2.21. The van der Waals surface area contributed by atoms with Crippen molar-refractivity contribution in [1.29, 1.82) is 0 Å². The monoisotopic (exact) mass is 289 g/mol. The quantitative estimate of drug-likeness (QED) is 0.386. The molecule has 0 spiro atoms. The van der Waals surface area contributed by atoms with E-state index >= 15 is 0 Å². The summed E-state index contributed by atoms with van der Waals surface area (Å²) in [6.45, 7) is 15.4. The molecule has 0 amide bonds. The Balaban J connectivity index is 2.65. The van der Waals surface area contributed by atoms with Crippen LogP contribution < -0.4 is 0 Å². The average Bonchev–Trinajstić information content (AvgIpc) is 2.53. The summed E-state index contributed by atoms with van der Waals surface area (Å²) in [6, 6.07) is 0. The Morgan fingerprint density at radius 1 is 1.19 bits per heavy atom. The van der Waals surface area contributed by atoms with Gasteiger partial charge in [-0.3, -0.25) is 0 Å². The molecular weight excluding hydrogens is 254 g/mol. The number of piperidine rings is 1. The highest BCUT2D eigenvalue weighted by atomic mass is 15.1. The van der Waals surface area contributed by atoms with E-state index in [0.29, 0.717) is 0 Å². The Morgan fingerprint density at radius 3 is 2.33 bits per heavy atom. The predicted molar refractivity (Wildman–Crippen MR) is 95.4 cm³/mol. The molecule has 1 fully saturated rings. The molecule has 0 unspecified atom stereocenters. The number of rotatable bonds is 8. The lowest BCUT2D eigenvalue weighted by Gasteiger charge is -2.35. The van der Waals surface area contributed by atoms with Crippen LogP contribution in [0.25, 0.3) is 0 Å². The van der Waals surface area contributed by atoms with E-state index in [-0.39, 0.29) is 0 Å². The Kier molecular flexibility index (Phi) is 8.49. The lowest BCUT2D eigenvalue weighted by molar-refractivity contribution is 0.219. The standard InChI is InChI=1S/C20H35N/c1-6-10-11-12-18-13-15-21(16-14-18)20(9-4)19(8-3)17(5)7-2/h7,9,18H,4,6,8,10-16H2,1-3,5H3. The first-order valence-electron chi connectivity index (χ1n) is 8.91. The number of unbranched alkanes of at least 4 members (excludes halogenated alkanes) is 2. The second-order valence-corrected chi connectivity index (χ2v) is 6.32. The highest BCUT2D eigenvalue weighted by molar-refractivity contribution is 5.37. The number of allylic oxidation sites excluding steroid dienone is 4. The van der Waals surface area contributed by atoms with E-state index in [1.165, 1.54) is 68.5 Å². The normalized spacial score (nSPS) is 18.7. The van der Waals surface area contributed by atoms with Gasteiger partial charge in [-0.25, -0.2) is 0 Å². The van der Waals surface area contributed by atoms with Crippen molar-refractivity contribution in [2.75, 3.05) is 13.1 Å². The minimum atomic E-state index is 0.951. The van der Waals surface area contributed by atoms with Crippen LogP contribution in [0.4, 0.5) is 0 Å². The summed E-state index contributed by atoms with van der Waals surface area (Å²) in [5.74, 6) is 0.951. The SMILES string of the molecule is C=CC(=C(CC)C(C)=CC)N1CCC(CCCCC)CC1. The first-order valence-corrected chi connectivity index (χ1v) is 8.91. The second kappa shape index (κ2) is 9.87. The molecule has 0 aliphatic carbocycles. The van der Waals surface area contributed by atoms with Crippen molar-refractivity contribution in [1.82, 2.24) is 4.90 Å². The molecule has 1 aliphatic rings. The Labute approximate surface area is 132 Å². The van der Waals surface area contributed by atoms with Gasteiger partial charge in [0.1, 0.15) is 0 Å². The van der Waals surface area contributed by atoms with Gasteiger partial charge in [0.15, 0.2) is 0 Å². The molecule has 0 radical (unpaired) electrons. The van der Waals surface area contributed by atoms with Crippen molar-refractivity contribution in [3.63, 3.8) is 0 Å². The lowest BCUT2D eigenvalue weighted by Crippen LogP contribution is -2.33. The maximum atomic E-state index is 4.07. The van der Waals surface area contributed by atoms with E-state index in [4.69, 9.17) is 0 Å². The van der Waals surface area contributed by atoms with Gasteiger partial charge in [-0.15, -0.1) is 0 Å². The fourth-order valence-corrected chi connectivity index (χ4v) is 3.42. The minimum absolute atomic E-state index is 0.951. The summed E-state index contributed by atoms with van der Waals surface area (Å²) < 4.78 is 0. The van der Waals surface area contributed by atoms with Gasteiger partial charge in [-0.05, 0) is 50.7 Å². The largest absolute Gasteiger partial charge is 0.371 e. The van der Waals surface area contributed by atoms with E-state index in [1.807, 2.05) is 0 Å². The Morgan fingerprint density at radius 2 is 1.86 bits per heavy atom. The molecule has 120 valence electrons. The molecule has 1 heterocycles. The average molecular weight is 290 g/mol. The van der Waals surface area contributed by atoms with Gasteiger partial charge < -0.3 is 4.90 Å². The van der Waals surface area contributed by atoms with Crippen LogP contribution >= 0.6 is 0 Å². The summed E-state index contributed by atoms with van der Waals surface area (Å²) in [7, 11) is 0.